The van der Waals surface area contributed by atoms with Gasteiger partial charge in [0.25, 0.3) is 0 Å². The number of benzene rings is 1. The second-order valence-corrected chi connectivity index (χ2v) is 4.90. The summed E-state index contributed by atoms with van der Waals surface area (Å²) in [5.41, 5.74) is 0.687. The molecule has 0 saturated heterocycles. The molecule has 0 fully saturated rings. The summed E-state index contributed by atoms with van der Waals surface area (Å²) in [7, 11) is 0. The lowest BCUT2D eigenvalue weighted by atomic mass is 10.1. The van der Waals surface area contributed by atoms with Gasteiger partial charge in [0.1, 0.15) is 5.82 Å². The fourth-order valence-electron chi connectivity index (χ4n) is 1.63. The first-order valence-corrected chi connectivity index (χ1v) is 6.66. The monoisotopic (exact) mass is 331 g/mol. The Morgan fingerprint density at radius 3 is 2.63 bits per heavy atom. The minimum absolute atomic E-state index is 0.0767. The van der Waals surface area contributed by atoms with Gasteiger partial charge in [-0.3, -0.25) is 9.59 Å². The number of carboxylic acid groups (broad SMARTS) is 1. The molecule has 0 saturated carbocycles. The molecule has 0 aliphatic heterocycles. The van der Waals surface area contributed by atoms with Crippen molar-refractivity contribution in [2.75, 3.05) is 13.1 Å². The summed E-state index contributed by atoms with van der Waals surface area (Å²) in [6.07, 6.45) is 0.0546. The predicted octanol–water partition coefficient (Wildman–Crippen LogP) is 2.45. The molecule has 0 aliphatic carbocycles. The Morgan fingerprint density at radius 2 is 2.11 bits per heavy atom. The SMILES string of the molecule is CCN(CCC(=O)O)C(=O)Cc1ccc(F)c(Br)c1. The maximum Gasteiger partial charge on any atom is 0.305 e. The van der Waals surface area contributed by atoms with Crippen LogP contribution in [-0.4, -0.2) is 35.0 Å². The largest absolute Gasteiger partial charge is 0.481 e. The Morgan fingerprint density at radius 1 is 1.42 bits per heavy atom. The number of carbonyl (C=O) groups is 2. The van der Waals surface area contributed by atoms with Gasteiger partial charge in [0, 0.05) is 13.1 Å². The molecule has 0 radical (unpaired) electrons. The lowest BCUT2D eigenvalue weighted by Gasteiger charge is -2.20. The fourth-order valence-corrected chi connectivity index (χ4v) is 2.05. The number of rotatable bonds is 6. The van der Waals surface area contributed by atoms with Gasteiger partial charge in [0.2, 0.25) is 5.91 Å². The van der Waals surface area contributed by atoms with Crippen molar-refractivity contribution in [3.8, 4) is 0 Å². The van der Waals surface area contributed by atoms with E-state index in [0.29, 0.717) is 16.6 Å². The van der Waals surface area contributed by atoms with Gasteiger partial charge in [-0.15, -0.1) is 0 Å². The van der Waals surface area contributed by atoms with Gasteiger partial charge in [-0.1, -0.05) is 6.07 Å². The van der Waals surface area contributed by atoms with E-state index >= 15 is 0 Å². The van der Waals surface area contributed by atoms with E-state index in [-0.39, 0.29) is 31.1 Å². The van der Waals surface area contributed by atoms with Crippen LogP contribution in [0.1, 0.15) is 18.9 Å². The van der Waals surface area contributed by atoms with E-state index in [1.165, 1.54) is 11.0 Å². The highest BCUT2D eigenvalue weighted by atomic mass is 79.9. The summed E-state index contributed by atoms with van der Waals surface area (Å²) in [6, 6.07) is 4.39. The number of hydrogen-bond acceptors (Lipinski definition) is 2. The molecule has 0 atom stereocenters. The predicted molar refractivity (Wildman–Crippen MR) is 72.3 cm³/mol. The van der Waals surface area contributed by atoms with E-state index in [1.807, 2.05) is 0 Å². The molecule has 4 nitrogen and oxygen atoms in total. The summed E-state index contributed by atoms with van der Waals surface area (Å²) < 4.78 is 13.4. The molecule has 1 rings (SSSR count). The molecular formula is C13H15BrFNO3. The van der Waals surface area contributed by atoms with Gasteiger partial charge < -0.3 is 10.0 Å². The van der Waals surface area contributed by atoms with Gasteiger partial charge in [-0.25, -0.2) is 4.39 Å². The van der Waals surface area contributed by atoms with Crippen LogP contribution < -0.4 is 0 Å². The van der Waals surface area contributed by atoms with Crippen LogP contribution in [0, 0.1) is 5.82 Å². The number of carbonyl (C=O) groups excluding carboxylic acids is 1. The van der Waals surface area contributed by atoms with E-state index in [4.69, 9.17) is 5.11 Å². The molecule has 0 bridgehead atoms. The number of halogens is 2. The quantitative estimate of drug-likeness (QED) is 0.871. The van der Waals surface area contributed by atoms with Gasteiger partial charge in [0.15, 0.2) is 0 Å². The molecule has 19 heavy (non-hydrogen) atoms. The zero-order valence-electron chi connectivity index (χ0n) is 10.5. The number of aliphatic carboxylic acids is 1. The second-order valence-electron chi connectivity index (χ2n) is 4.04. The molecule has 6 heteroatoms. The third-order valence-corrected chi connectivity index (χ3v) is 3.28. The van der Waals surface area contributed by atoms with E-state index in [9.17, 15) is 14.0 Å². The van der Waals surface area contributed by atoms with Crippen LogP contribution >= 0.6 is 15.9 Å². The normalized spacial score (nSPS) is 10.3. The molecule has 0 heterocycles. The number of likely N-dealkylation sites (N-methyl/N-ethyl adjacent to an activating group) is 1. The average Bonchev–Trinajstić information content (AvgIpc) is 2.34. The Labute approximate surface area is 119 Å². The summed E-state index contributed by atoms with van der Waals surface area (Å²) in [6.45, 7) is 2.43. The van der Waals surface area contributed by atoms with Crippen LogP contribution in [0.2, 0.25) is 0 Å². The minimum atomic E-state index is -0.934. The molecule has 0 unspecified atom stereocenters. The van der Waals surface area contributed by atoms with Gasteiger partial charge in [-0.05, 0) is 40.5 Å². The topological polar surface area (TPSA) is 57.6 Å². The Bertz CT molecular complexity index is 479. The Hall–Kier alpha value is -1.43. The van der Waals surface area contributed by atoms with Crippen LogP contribution in [-0.2, 0) is 16.0 Å². The fraction of sp³-hybridized carbons (Fsp3) is 0.385. The second kappa shape index (κ2) is 7.23. The summed E-state index contributed by atoms with van der Waals surface area (Å²) in [5.74, 6) is -1.48. The van der Waals surface area contributed by atoms with E-state index < -0.39 is 5.97 Å². The third-order valence-electron chi connectivity index (χ3n) is 2.67. The molecule has 1 aromatic carbocycles. The highest BCUT2D eigenvalue weighted by Crippen LogP contribution is 2.17. The van der Waals surface area contributed by atoms with Crippen molar-refractivity contribution in [2.45, 2.75) is 19.8 Å². The maximum absolute atomic E-state index is 13.1. The molecule has 1 N–H and O–H groups in total. The van der Waals surface area contributed by atoms with E-state index in [1.54, 1.807) is 19.1 Å². The lowest BCUT2D eigenvalue weighted by molar-refractivity contribution is -0.138. The van der Waals surface area contributed by atoms with E-state index in [2.05, 4.69) is 15.9 Å². The van der Waals surface area contributed by atoms with Crippen molar-refractivity contribution in [2.24, 2.45) is 0 Å². The summed E-state index contributed by atoms with van der Waals surface area (Å²) in [5, 5.41) is 8.61. The van der Waals surface area contributed by atoms with Crippen molar-refractivity contribution in [1.29, 1.82) is 0 Å². The first kappa shape index (κ1) is 15.6. The highest BCUT2D eigenvalue weighted by Gasteiger charge is 2.14. The highest BCUT2D eigenvalue weighted by molar-refractivity contribution is 9.10. The Balaban J connectivity index is 2.65. The molecule has 0 aromatic heterocycles. The van der Waals surface area contributed by atoms with Crippen molar-refractivity contribution in [3.63, 3.8) is 0 Å². The zero-order chi connectivity index (χ0) is 14.4. The smallest absolute Gasteiger partial charge is 0.305 e. The molecule has 1 aromatic rings. The number of hydrogen-bond donors (Lipinski definition) is 1. The van der Waals surface area contributed by atoms with Crippen LogP contribution in [0.3, 0.4) is 0 Å². The molecule has 0 aliphatic rings. The zero-order valence-corrected chi connectivity index (χ0v) is 12.1. The van der Waals surface area contributed by atoms with Crippen molar-refractivity contribution < 1.29 is 19.1 Å². The van der Waals surface area contributed by atoms with E-state index in [0.717, 1.165) is 0 Å². The van der Waals surface area contributed by atoms with Crippen molar-refractivity contribution in [1.82, 2.24) is 4.90 Å². The number of nitrogens with zero attached hydrogens (tertiary/aromatic N) is 1. The van der Waals surface area contributed by atoms with Crippen molar-refractivity contribution >= 4 is 27.8 Å². The van der Waals surface area contributed by atoms with Gasteiger partial charge in [-0.2, -0.15) is 0 Å². The molecule has 1 amide bonds. The first-order chi connectivity index (χ1) is 8.93. The summed E-state index contributed by atoms with van der Waals surface area (Å²) >= 11 is 3.06. The molecule has 0 spiro atoms. The van der Waals surface area contributed by atoms with Crippen LogP contribution in [0.25, 0.3) is 0 Å². The Kier molecular flexibility index (Phi) is 5.95. The number of carboxylic acids is 1. The minimum Gasteiger partial charge on any atom is -0.481 e. The summed E-state index contributed by atoms with van der Waals surface area (Å²) in [4.78, 5) is 24.0. The molecular weight excluding hydrogens is 317 g/mol. The van der Waals surface area contributed by atoms with Crippen LogP contribution in [0.15, 0.2) is 22.7 Å². The van der Waals surface area contributed by atoms with Crippen molar-refractivity contribution in [3.05, 3.63) is 34.1 Å². The van der Waals surface area contributed by atoms with Crippen LogP contribution in [0.5, 0.6) is 0 Å². The lowest BCUT2D eigenvalue weighted by Crippen LogP contribution is -2.34. The van der Waals surface area contributed by atoms with Crippen LogP contribution in [0.4, 0.5) is 4.39 Å². The van der Waals surface area contributed by atoms with Gasteiger partial charge in [0.05, 0.1) is 17.3 Å². The van der Waals surface area contributed by atoms with Gasteiger partial charge >= 0.3 is 5.97 Å². The average molecular weight is 332 g/mol. The maximum atomic E-state index is 13.1. The third kappa shape index (κ3) is 4.98. The molecule has 104 valence electrons. The number of amides is 1. The standard InChI is InChI=1S/C13H15BrFNO3/c1-2-16(6-5-13(18)19)12(17)8-9-3-4-11(15)10(14)7-9/h3-4,7H,2,5-6,8H2,1H3,(H,18,19). The first-order valence-electron chi connectivity index (χ1n) is 5.87.